The molecule has 0 aliphatic carbocycles. The third kappa shape index (κ3) is 9.41. The molecule has 2 heterocycles. The van der Waals surface area contributed by atoms with E-state index in [1.165, 1.54) is 17.7 Å². The van der Waals surface area contributed by atoms with Gasteiger partial charge >= 0.3 is 0 Å². The van der Waals surface area contributed by atoms with Gasteiger partial charge in [0.2, 0.25) is 0 Å². The number of rotatable bonds is 6. The van der Waals surface area contributed by atoms with Crippen LogP contribution in [0.1, 0.15) is 115 Å². The predicted octanol–water partition coefficient (Wildman–Crippen LogP) is 15.9. The molecule has 0 bridgehead atoms. The molecule has 1 N–H and O–H groups in total. The van der Waals surface area contributed by atoms with E-state index in [9.17, 15) is 5.11 Å². The van der Waals surface area contributed by atoms with E-state index in [0.29, 0.717) is 22.6 Å². The van der Waals surface area contributed by atoms with Crippen molar-refractivity contribution in [1.82, 2.24) is 14.5 Å². The van der Waals surface area contributed by atoms with Gasteiger partial charge in [-0.05, 0) is 92.7 Å². The maximum absolute atomic E-state index is 15.6. The number of aromatic hydroxyl groups is 1. The average Bonchev–Trinajstić information content (AvgIpc) is 3.64. The minimum Gasteiger partial charge on any atom is -0.507 e. The molecule has 0 unspecified atom stereocenters. The van der Waals surface area contributed by atoms with E-state index in [0.717, 1.165) is 67.3 Å². The van der Waals surface area contributed by atoms with Crippen LogP contribution in [-0.2, 0) is 42.7 Å². The first kappa shape index (κ1) is 43.3. The van der Waals surface area contributed by atoms with Gasteiger partial charge in [-0.2, -0.15) is 0 Å². The molecule has 0 fully saturated rings. The number of hydrogen-bond acceptors (Lipinski definition) is 3. The molecule has 0 amide bonds. The van der Waals surface area contributed by atoms with Gasteiger partial charge in [0, 0.05) is 53.8 Å². The van der Waals surface area contributed by atoms with Crippen molar-refractivity contribution in [2.45, 2.75) is 112 Å². The fourth-order valence-electron chi connectivity index (χ4n) is 8.38. The number of phenols is 1. The quantitative estimate of drug-likeness (QED) is 0.169. The van der Waals surface area contributed by atoms with E-state index >= 15 is 4.39 Å². The summed E-state index contributed by atoms with van der Waals surface area (Å²) in [6, 6.07) is 43.2. The maximum Gasteiger partial charge on any atom is 0.148 e. The number of imidazole rings is 1. The molecule has 0 saturated carbocycles. The van der Waals surface area contributed by atoms with Gasteiger partial charge < -0.3 is 5.11 Å². The molecular formula is C59H61FN3OPt-. The van der Waals surface area contributed by atoms with E-state index in [4.69, 9.17) is 14.1 Å². The first-order valence-corrected chi connectivity index (χ1v) is 22.2. The van der Waals surface area contributed by atoms with Gasteiger partial charge in [-0.15, -0.1) is 29.3 Å². The smallest absolute Gasteiger partial charge is 0.148 e. The van der Waals surface area contributed by atoms with Crippen molar-refractivity contribution in [1.29, 1.82) is 0 Å². The second-order valence-corrected chi connectivity index (χ2v) is 21.3. The van der Waals surface area contributed by atoms with Gasteiger partial charge in [0.1, 0.15) is 17.4 Å². The summed E-state index contributed by atoms with van der Waals surface area (Å²) in [6.07, 6.45) is 1.65. The topological polar surface area (TPSA) is 50.9 Å². The number of fused-ring (bicyclic) bond motifs is 1. The van der Waals surface area contributed by atoms with Crippen molar-refractivity contribution < 1.29 is 34.7 Å². The Morgan fingerprint density at radius 3 is 1.89 bits per heavy atom. The third-order valence-electron chi connectivity index (χ3n) is 12.2. The SMILES string of the molecule is [2H]C([2H])([2H])c1ccc(-c2ccnc(-c3[c-]c(-c4cccc5c4nc(-c4cc(C(C)(C)C)cc(C(C)(C)C)c4O)n5-c4ccc(C(C)(C)C)cc4-c4ccccc4)cc(C(C)(C)C)c3)c2)c(F)c1.[Pt]. The number of benzene rings is 6. The summed E-state index contributed by atoms with van der Waals surface area (Å²) in [4.78, 5) is 10.4. The van der Waals surface area contributed by atoms with E-state index in [1.54, 1.807) is 12.3 Å². The molecular weight excluding hydrogens is 981 g/mol. The summed E-state index contributed by atoms with van der Waals surface area (Å²) in [5, 5.41) is 12.5. The Hall–Kier alpha value is -5.64. The Balaban J connectivity index is 0.00000684. The second kappa shape index (κ2) is 17.3. The minimum atomic E-state index is -2.42. The normalized spacial score (nSPS) is 13.3. The number of phenolic OH excluding ortho intramolecular Hbond substituents is 1. The fourth-order valence-corrected chi connectivity index (χ4v) is 8.38. The van der Waals surface area contributed by atoms with Gasteiger partial charge in [-0.25, -0.2) is 9.37 Å². The molecule has 0 radical (unpaired) electrons. The largest absolute Gasteiger partial charge is 0.507 e. The molecule has 65 heavy (non-hydrogen) atoms. The zero-order chi connectivity index (χ0) is 48.6. The molecule has 6 heteroatoms. The van der Waals surface area contributed by atoms with Gasteiger partial charge in [-0.1, -0.05) is 167 Å². The van der Waals surface area contributed by atoms with Crippen molar-refractivity contribution >= 4 is 11.0 Å². The molecule has 0 aliphatic heterocycles. The number of aryl methyl sites for hydroxylation is 1. The number of pyridine rings is 1. The van der Waals surface area contributed by atoms with Crippen LogP contribution in [0.25, 0.3) is 72.7 Å². The van der Waals surface area contributed by atoms with Gasteiger partial charge in [0.25, 0.3) is 0 Å². The number of halogens is 1. The fraction of sp³-hybridized carbons (Fsp3) is 0.288. The molecule has 0 spiro atoms. The van der Waals surface area contributed by atoms with Gasteiger partial charge in [-0.3, -0.25) is 9.55 Å². The number of hydrogen-bond donors (Lipinski definition) is 1. The van der Waals surface area contributed by atoms with Crippen LogP contribution in [0.2, 0.25) is 0 Å². The van der Waals surface area contributed by atoms with Gasteiger partial charge in [0.15, 0.2) is 0 Å². The van der Waals surface area contributed by atoms with Crippen molar-refractivity contribution in [3.63, 3.8) is 0 Å². The van der Waals surface area contributed by atoms with Gasteiger partial charge in [0.05, 0.1) is 22.3 Å². The average molecular weight is 1050 g/mol. The number of para-hydroxylation sites is 1. The van der Waals surface area contributed by atoms with Crippen LogP contribution in [0.5, 0.6) is 5.75 Å². The summed E-state index contributed by atoms with van der Waals surface area (Å²) >= 11 is 0. The molecule has 8 rings (SSSR count). The summed E-state index contributed by atoms with van der Waals surface area (Å²) < 4.78 is 41.2. The van der Waals surface area contributed by atoms with E-state index in [-0.39, 0.29) is 59.6 Å². The molecule has 0 atom stereocenters. The summed E-state index contributed by atoms with van der Waals surface area (Å²) in [7, 11) is 0. The third-order valence-corrected chi connectivity index (χ3v) is 12.2. The van der Waals surface area contributed by atoms with Crippen molar-refractivity contribution in [3.8, 4) is 67.5 Å². The summed E-state index contributed by atoms with van der Waals surface area (Å²) in [6.45, 7) is 23.7. The zero-order valence-corrected chi connectivity index (χ0v) is 41.9. The number of nitrogens with zero attached hydrogens (tertiary/aromatic N) is 3. The molecule has 0 aliphatic rings. The van der Waals surface area contributed by atoms with E-state index in [1.807, 2.05) is 12.1 Å². The standard InChI is InChI=1S/C59H61FN3O.Pt/c1-36-22-24-44(49(60)28-36)38-26-27-61-50(32-38)40-29-39(30-42(31-40)57(5,6)7)45-20-17-21-52-53(45)62-55(47-34-43(58(8,9)10)35-48(54(47)64)59(11,12)13)63(52)51-25-23-41(56(2,3)4)33-46(51)37-18-15-14-16-19-37;/h14-28,30-35,64H,1-13H3;/q-1;/i1D3;. The maximum atomic E-state index is 15.6. The second-order valence-electron chi connectivity index (χ2n) is 21.3. The predicted molar refractivity (Wildman–Crippen MR) is 266 cm³/mol. The number of aromatic nitrogens is 3. The molecule has 4 nitrogen and oxygen atoms in total. The van der Waals surface area contributed by atoms with Crippen LogP contribution >= 0.6 is 0 Å². The Morgan fingerprint density at radius 1 is 0.585 bits per heavy atom. The van der Waals surface area contributed by atoms with Crippen LogP contribution < -0.4 is 0 Å². The van der Waals surface area contributed by atoms with Crippen molar-refractivity contribution in [2.75, 3.05) is 0 Å². The monoisotopic (exact) mass is 1040 g/mol. The van der Waals surface area contributed by atoms with Crippen LogP contribution in [0.15, 0.2) is 128 Å². The molecule has 6 aromatic carbocycles. The van der Waals surface area contributed by atoms with E-state index < -0.39 is 12.7 Å². The van der Waals surface area contributed by atoms with Crippen molar-refractivity contribution in [2.24, 2.45) is 0 Å². The molecule has 0 saturated heterocycles. The van der Waals surface area contributed by atoms with E-state index in [2.05, 4.69) is 179 Å². The molecule has 2 aromatic heterocycles. The Kier molecular flexibility index (Phi) is 11.5. The first-order valence-electron chi connectivity index (χ1n) is 23.7. The Bertz CT molecular complexity index is 3180. The van der Waals surface area contributed by atoms with Crippen LogP contribution in [0.3, 0.4) is 0 Å². The van der Waals surface area contributed by atoms with Crippen LogP contribution in [0.4, 0.5) is 4.39 Å². The minimum absolute atomic E-state index is 0. The Morgan fingerprint density at radius 2 is 1.25 bits per heavy atom. The summed E-state index contributed by atoms with van der Waals surface area (Å²) in [5.74, 6) is 0.199. The van der Waals surface area contributed by atoms with Crippen LogP contribution in [0, 0.1) is 18.7 Å². The zero-order valence-electron chi connectivity index (χ0n) is 42.6. The Labute approximate surface area is 404 Å². The van der Waals surface area contributed by atoms with Crippen LogP contribution in [-0.4, -0.2) is 19.6 Å². The molecule has 8 aromatic rings. The summed E-state index contributed by atoms with van der Waals surface area (Å²) in [5.41, 5.74) is 12.2. The first-order chi connectivity index (χ1) is 31.2. The van der Waals surface area contributed by atoms with Crippen molar-refractivity contribution in [3.05, 3.63) is 167 Å². The molecule has 336 valence electrons.